The lowest BCUT2D eigenvalue weighted by Gasteiger charge is -2.19. The number of rotatable bonds is 14. The molecular weight excluding hydrogens is 592 g/mol. The number of carboxylic acids is 1. The summed E-state index contributed by atoms with van der Waals surface area (Å²) < 4.78 is 19.8. The molecule has 7 nitrogen and oxygen atoms in total. The Hall–Kier alpha value is -3.75. The molecule has 0 aliphatic heterocycles. The maximum Gasteiger partial charge on any atom is 0.326 e. The molecule has 0 saturated heterocycles. The van der Waals surface area contributed by atoms with Gasteiger partial charge >= 0.3 is 5.97 Å². The van der Waals surface area contributed by atoms with Crippen LogP contribution in [-0.4, -0.2) is 39.6 Å². The van der Waals surface area contributed by atoms with Crippen LogP contribution in [0.1, 0.15) is 57.4 Å². The topological polar surface area (TPSA) is 101 Å². The van der Waals surface area contributed by atoms with E-state index >= 15 is 0 Å². The van der Waals surface area contributed by atoms with Gasteiger partial charge in [0, 0.05) is 41.4 Å². The molecule has 226 valence electrons. The third-order valence-corrected chi connectivity index (χ3v) is 7.90. The molecule has 1 unspecified atom stereocenters. The van der Waals surface area contributed by atoms with Gasteiger partial charge in [0.25, 0.3) is 5.91 Å². The maximum atomic E-state index is 13.9. The number of hydrogen-bond donors (Lipinski definition) is 2. The average Bonchev–Trinajstić information content (AvgIpc) is 3.01. The van der Waals surface area contributed by atoms with Crippen molar-refractivity contribution in [2.45, 2.75) is 64.3 Å². The van der Waals surface area contributed by atoms with Gasteiger partial charge in [-0.25, -0.2) is 19.2 Å². The number of allylic oxidation sites excluding steroid dienone is 2. The van der Waals surface area contributed by atoms with Crippen molar-refractivity contribution in [2.24, 2.45) is 0 Å². The predicted molar refractivity (Wildman–Crippen MR) is 167 cm³/mol. The van der Waals surface area contributed by atoms with Crippen LogP contribution >= 0.6 is 23.2 Å². The van der Waals surface area contributed by atoms with E-state index in [4.69, 9.17) is 27.9 Å². The Bertz CT molecular complexity index is 1470. The summed E-state index contributed by atoms with van der Waals surface area (Å²) in [5.74, 6) is -1.37. The molecular formula is C33H34Cl2FN3O4. The molecule has 1 atom stereocenters. The molecule has 2 aromatic carbocycles. The number of hydrogen-bond acceptors (Lipinski definition) is 5. The first-order valence-corrected chi connectivity index (χ1v) is 15.1. The van der Waals surface area contributed by atoms with Gasteiger partial charge in [0.15, 0.2) is 5.82 Å². The summed E-state index contributed by atoms with van der Waals surface area (Å²) in [5, 5.41) is 11.8. The Labute approximate surface area is 260 Å². The van der Waals surface area contributed by atoms with Crippen molar-refractivity contribution in [3.05, 3.63) is 88.0 Å². The lowest BCUT2D eigenvalue weighted by atomic mass is 10.0. The molecule has 1 amide bonds. The van der Waals surface area contributed by atoms with Gasteiger partial charge < -0.3 is 15.2 Å². The quantitative estimate of drug-likeness (QED) is 0.176. The van der Waals surface area contributed by atoms with Crippen LogP contribution in [-0.2, 0) is 16.0 Å². The maximum absolute atomic E-state index is 13.9. The molecule has 0 radical (unpaired) electrons. The van der Waals surface area contributed by atoms with Gasteiger partial charge in [0.05, 0.1) is 17.2 Å². The van der Waals surface area contributed by atoms with Crippen molar-refractivity contribution in [3.8, 4) is 28.3 Å². The first kappa shape index (κ1) is 32.2. The third kappa shape index (κ3) is 8.88. The number of halogens is 3. The molecule has 0 fully saturated rings. The van der Waals surface area contributed by atoms with E-state index in [0.29, 0.717) is 18.0 Å². The Morgan fingerprint density at radius 2 is 1.58 bits per heavy atom. The number of ether oxygens (including phenoxy) is 1. The smallest absolute Gasteiger partial charge is 0.326 e. The number of amides is 1. The highest BCUT2D eigenvalue weighted by Gasteiger charge is 2.29. The second-order valence-electron chi connectivity index (χ2n) is 10.3. The molecule has 10 heteroatoms. The number of nitrogens with zero attached hydrogens (tertiary/aromatic N) is 2. The normalized spacial score (nSPS) is 14.0. The van der Waals surface area contributed by atoms with E-state index in [2.05, 4.69) is 22.2 Å². The van der Waals surface area contributed by atoms with Crippen molar-refractivity contribution < 1.29 is 23.8 Å². The predicted octanol–water partition coefficient (Wildman–Crippen LogP) is 7.98. The monoisotopic (exact) mass is 625 g/mol. The van der Waals surface area contributed by atoms with E-state index in [-0.39, 0.29) is 34.9 Å². The molecule has 1 aromatic heterocycles. The fraction of sp³-hybridized carbons (Fsp3) is 0.333. The Morgan fingerprint density at radius 1 is 0.930 bits per heavy atom. The zero-order valence-corrected chi connectivity index (χ0v) is 25.4. The lowest BCUT2D eigenvalue weighted by molar-refractivity contribution is -0.141. The minimum absolute atomic E-state index is 0.00250. The second-order valence-corrected chi connectivity index (χ2v) is 11.2. The van der Waals surface area contributed by atoms with Crippen LogP contribution in [0.4, 0.5) is 4.39 Å². The molecule has 1 heterocycles. The third-order valence-electron chi connectivity index (χ3n) is 7.13. The molecule has 1 aliphatic carbocycles. The van der Waals surface area contributed by atoms with E-state index in [1.165, 1.54) is 25.7 Å². The molecule has 0 saturated carbocycles. The summed E-state index contributed by atoms with van der Waals surface area (Å²) in [7, 11) is 0. The Kier molecular flexibility index (Phi) is 11.7. The number of benzene rings is 2. The minimum Gasteiger partial charge on any atom is -0.494 e. The second kappa shape index (κ2) is 15.6. The van der Waals surface area contributed by atoms with Crippen LogP contribution < -0.4 is 10.1 Å². The van der Waals surface area contributed by atoms with Gasteiger partial charge in [-0.2, -0.15) is 0 Å². The summed E-state index contributed by atoms with van der Waals surface area (Å²) in [6.45, 7) is 2.92. The SMILES string of the molecule is CCCCCCCOc1ccc(-c2cnc(-c3ccc(CC(NC(=O)C4=C(Cl)CCC(F)=C4Cl)C(=O)O)cc3)nc2)cc1. The molecule has 0 bridgehead atoms. The summed E-state index contributed by atoms with van der Waals surface area (Å²) in [5.41, 5.74) is 3.03. The van der Waals surface area contributed by atoms with Crippen LogP contribution in [0.15, 0.2) is 82.4 Å². The highest BCUT2D eigenvalue weighted by molar-refractivity contribution is 6.40. The van der Waals surface area contributed by atoms with Crippen molar-refractivity contribution in [1.82, 2.24) is 15.3 Å². The fourth-order valence-corrected chi connectivity index (χ4v) is 5.27. The minimum atomic E-state index is -1.28. The zero-order chi connectivity index (χ0) is 30.8. The number of carboxylic acid groups (broad SMARTS) is 1. The highest BCUT2D eigenvalue weighted by atomic mass is 35.5. The lowest BCUT2D eigenvalue weighted by Crippen LogP contribution is -2.43. The number of carbonyl (C=O) groups is 2. The highest BCUT2D eigenvalue weighted by Crippen LogP contribution is 2.35. The van der Waals surface area contributed by atoms with E-state index in [9.17, 15) is 19.1 Å². The van der Waals surface area contributed by atoms with Gasteiger partial charge in [-0.1, -0.05) is 92.2 Å². The molecule has 1 aliphatic rings. The summed E-state index contributed by atoms with van der Waals surface area (Å²) in [6, 6.07) is 13.7. The summed E-state index contributed by atoms with van der Waals surface area (Å²) in [4.78, 5) is 33.6. The number of aromatic nitrogens is 2. The first-order chi connectivity index (χ1) is 20.8. The molecule has 4 rings (SSSR count). The van der Waals surface area contributed by atoms with Crippen LogP contribution in [0.2, 0.25) is 0 Å². The van der Waals surface area contributed by atoms with Crippen molar-refractivity contribution in [1.29, 1.82) is 0 Å². The molecule has 0 spiro atoms. The first-order valence-electron chi connectivity index (χ1n) is 14.4. The van der Waals surface area contributed by atoms with Crippen LogP contribution in [0.25, 0.3) is 22.5 Å². The van der Waals surface area contributed by atoms with Crippen LogP contribution in [0.3, 0.4) is 0 Å². The van der Waals surface area contributed by atoms with E-state index in [1.54, 1.807) is 36.7 Å². The zero-order valence-electron chi connectivity index (χ0n) is 23.9. The van der Waals surface area contributed by atoms with Crippen molar-refractivity contribution >= 4 is 35.1 Å². The van der Waals surface area contributed by atoms with E-state index in [0.717, 1.165) is 28.9 Å². The summed E-state index contributed by atoms with van der Waals surface area (Å²) >= 11 is 12.0. The molecule has 43 heavy (non-hydrogen) atoms. The van der Waals surface area contributed by atoms with Crippen LogP contribution in [0.5, 0.6) is 5.75 Å². The van der Waals surface area contributed by atoms with Gasteiger partial charge in [0.1, 0.15) is 17.6 Å². The van der Waals surface area contributed by atoms with Crippen molar-refractivity contribution in [2.75, 3.05) is 6.61 Å². The van der Waals surface area contributed by atoms with Gasteiger partial charge in [-0.05, 0) is 36.1 Å². The van der Waals surface area contributed by atoms with Gasteiger partial charge in [-0.15, -0.1) is 0 Å². The Morgan fingerprint density at radius 3 is 2.23 bits per heavy atom. The largest absolute Gasteiger partial charge is 0.494 e. The molecule has 3 aromatic rings. The number of unbranched alkanes of at least 4 members (excludes halogenated alkanes) is 4. The van der Waals surface area contributed by atoms with E-state index < -0.39 is 23.7 Å². The number of nitrogens with one attached hydrogen (secondary N) is 1. The Balaban J connectivity index is 1.34. The average molecular weight is 627 g/mol. The van der Waals surface area contributed by atoms with Crippen molar-refractivity contribution in [3.63, 3.8) is 0 Å². The fourth-order valence-electron chi connectivity index (χ4n) is 4.65. The summed E-state index contributed by atoms with van der Waals surface area (Å²) in [6.07, 6.45) is 9.60. The van der Waals surface area contributed by atoms with Gasteiger partial charge in [0.2, 0.25) is 0 Å². The molecule has 2 N–H and O–H groups in total. The van der Waals surface area contributed by atoms with E-state index in [1.807, 2.05) is 24.3 Å². The number of aliphatic carboxylic acids is 1. The van der Waals surface area contributed by atoms with Crippen LogP contribution in [0, 0.1) is 0 Å². The number of carbonyl (C=O) groups excluding carboxylic acids is 1. The standard InChI is InChI=1S/C33H34Cl2FN3O4/c1-2-3-4-5-6-17-43-25-13-11-22(12-14-25)24-19-37-31(38-20-24)23-9-7-21(8-10-23)18-28(33(41)42)39-32(40)29-26(34)15-16-27(36)30(29)35/h7-14,19-20,28H,2-6,15-18H2,1H3,(H,39,40)(H,41,42). The van der Waals surface area contributed by atoms with Gasteiger partial charge in [-0.3, -0.25) is 4.79 Å².